The van der Waals surface area contributed by atoms with Gasteiger partial charge in [-0.2, -0.15) is 0 Å². The second kappa shape index (κ2) is 8.93. The SMILES string of the molecule is CCCCn1c(Cn2cnc3ccccc3c2=O)nc2c1c(=O)[nH]c(=O)n2Cc1ccccc1. The standard InChI is InChI=1S/C25H24N6O3/c1-2-3-13-30-20(15-29-16-26-19-12-8-7-11-18(19)24(29)33)27-22-21(30)23(32)28-25(34)31(22)14-17-9-5-4-6-10-17/h4-12,16H,2-3,13-15H2,1H3,(H,28,32,34). The first-order valence-corrected chi connectivity index (χ1v) is 11.3. The van der Waals surface area contributed by atoms with Crippen LogP contribution in [0.25, 0.3) is 22.1 Å². The van der Waals surface area contributed by atoms with Gasteiger partial charge in [-0.25, -0.2) is 14.8 Å². The lowest BCUT2D eigenvalue weighted by atomic mass is 10.2. The van der Waals surface area contributed by atoms with E-state index in [-0.39, 0.29) is 18.6 Å². The number of imidazole rings is 1. The molecule has 0 aliphatic carbocycles. The fourth-order valence-corrected chi connectivity index (χ4v) is 4.18. The summed E-state index contributed by atoms with van der Waals surface area (Å²) in [5.74, 6) is 0.528. The predicted molar refractivity (Wildman–Crippen MR) is 130 cm³/mol. The van der Waals surface area contributed by atoms with Gasteiger partial charge < -0.3 is 4.57 Å². The van der Waals surface area contributed by atoms with Crippen LogP contribution in [0.5, 0.6) is 0 Å². The molecule has 0 bridgehead atoms. The molecular formula is C25H24N6O3. The Bertz CT molecular complexity index is 1660. The Morgan fingerprint density at radius 2 is 1.68 bits per heavy atom. The van der Waals surface area contributed by atoms with Gasteiger partial charge >= 0.3 is 5.69 Å². The summed E-state index contributed by atoms with van der Waals surface area (Å²) >= 11 is 0. The number of rotatable bonds is 7. The molecule has 34 heavy (non-hydrogen) atoms. The average Bonchev–Trinajstić information content (AvgIpc) is 3.21. The molecule has 2 aromatic carbocycles. The number of unbranched alkanes of at least 4 members (excludes halogenated alkanes) is 1. The predicted octanol–water partition coefficient (Wildman–Crippen LogP) is 2.49. The van der Waals surface area contributed by atoms with Crippen molar-refractivity contribution in [1.82, 2.24) is 28.7 Å². The quantitative estimate of drug-likeness (QED) is 0.405. The monoisotopic (exact) mass is 456 g/mol. The van der Waals surface area contributed by atoms with Crippen LogP contribution in [0.1, 0.15) is 31.2 Å². The lowest BCUT2D eigenvalue weighted by molar-refractivity contribution is 0.590. The summed E-state index contributed by atoms with van der Waals surface area (Å²) in [4.78, 5) is 50.2. The molecule has 0 radical (unpaired) electrons. The molecule has 3 aromatic heterocycles. The largest absolute Gasteiger partial charge is 0.330 e. The Kier molecular flexibility index (Phi) is 5.67. The summed E-state index contributed by atoms with van der Waals surface area (Å²) in [5, 5.41) is 0.514. The fourth-order valence-electron chi connectivity index (χ4n) is 4.18. The van der Waals surface area contributed by atoms with Gasteiger partial charge in [-0.1, -0.05) is 55.8 Å². The summed E-state index contributed by atoms with van der Waals surface area (Å²) in [7, 11) is 0. The zero-order valence-electron chi connectivity index (χ0n) is 18.8. The number of aryl methyl sites for hydroxylation is 1. The van der Waals surface area contributed by atoms with E-state index in [0.29, 0.717) is 34.4 Å². The number of nitrogens with one attached hydrogen (secondary N) is 1. The number of fused-ring (bicyclic) bond motifs is 2. The van der Waals surface area contributed by atoms with Gasteiger partial charge in [-0.05, 0) is 24.1 Å². The topological polar surface area (TPSA) is 108 Å². The lowest BCUT2D eigenvalue weighted by Crippen LogP contribution is -2.31. The minimum absolute atomic E-state index is 0.133. The molecule has 9 heteroatoms. The van der Waals surface area contributed by atoms with E-state index in [4.69, 9.17) is 4.98 Å². The van der Waals surface area contributed by atoms with Gasteiger partial charge in [0.15, 0.2) is 11.2 Å². The third kappa shape index (κ3) is 3.85. The Balaban J connectivity index is 1.68. The van der Waals surface area contributed by atoms with E-state index in [9.17, 15) is 14.4 Å². The first-order chi connectivity index (χ1) is 16.6. The van der Waals surface area contributed by atoms with Crippen LogP contribution in [0.15, 0.2) is 75.3 Å². The van der Waals surface area contributed by atoms with Crippen LogP contribution in [-0.4, -0.2) is 28.7 Å². The van der Waals surface area contributed by atoms with Crippen molar-refractivity contribution in [3.63, 3.8) is 0 Å². The van der Waals surface area contributed by atoms with Crippen LogP contribution in [0.4, 0.5) is 0 Å². The van der Waals surface area contributed by atoms with Crippen molar-refractivity contribution < 1.29 is 0 Å². The number of para-hydroxylation sites is 1. The second-order valence-corrected chi connectivity index (χ2v) is 8.23. The molecule has 0 aliphatic heterocycles. The van der Waals surface area contributed by atoms with E-state index in [1.54, 1.807) is 18.2 Å². The van der Waals surface area contributed by atoms with E-state index in [1.807, 2.05) is 41.0 Å². The lowest BCUT2D eigenvalue weighted by Gasteiger charge is -2.10. The number of H-pyrrole nitrogens is 1. The first-order valence-electron chi connectivity index (χ1n) is 11.3. The van der Waals surface area contributed by atoms with E-state index in [0.717, 1.165) is 18.4 Å². The summed E-state index contributed by atoms with van der Waals surface area (Å²) < 4.78 is 4.78. The maximum atomic E-state index is 13.1. The number of hydrogen-bond donors (Lipinski definition) is 1. The number of nitrogens with zero attached hydrogens (tertiary/aromatic N) is 5. The number of aromatic amines is 1. The maximum Gasteiger partial charge on any atom is 0.330 e. The highest BCUT2D eigenvalue weighted by Crippen LogP contribution is 2.15. The highest BCUT2D eigenvalue weighted by Gasteiger charge is 2.19. The van der Waals surface area contributed by atoms with Crippen molar-refractivity contribution in [3.8, 4) is 0 Å². The molecule has 0 saturated heterocycles. The van der Waals surface area contributed by atoms with Crippen LogP contribution in [0.3, 0.4) is 0 Å². The molecule has 0 atom stereocenters. The minimum atomic E-state index is -0.516. The van der Waals surface area contributed by atoms with Crippen molar-refractivity contribution >= 4 is 22.1 Å². The first kappa shape index (κ1) is 21.6. The average molecular weight is 457 g/mol. The van der Waals surface area contributed by atoms with Crippen LogP contribution in [-0.2, 0) is 19.6 Å². The Labute approximate surface area is 194 Å². The molecule has 0 amide bonds. The smallest absolute Gasteiger partial charge is 0.321 e. The molecular weight excluding hydrogens is 432 g/mol. The molecule has 0 unspecified atom stereocenters. The Morgan fingerprint density at radius 3 is 2.47 bits per heavy atom. The van der Waals surface area contributed by atoms with Crippen molar-refractivity contribution in [2.75, 3.05) is 0 Å². The zero-order chi connectivity index (χ0) is 23.7. The second-order valence-electron chi connectivity index (χ2n) is 8.23. The zero-order valence-corrected chi connectivity index (χ0v) is 18.8. The van der Waals surface area contributed by atoms with Crippen LogP contribution in [0.2, 0.25) is 0 Å². The third-order valence-electron chi connectivity index (χ3n) is 5.93. The van der Waals surface area contributed by atoms with Crippen LogP contribution < -0.4 is 16.8 Å². The van der Waals surface area contributed by atoms with Gasteiger partial charge in [-0.3, -0.25) is 23.7 Å². The van der Waals surface area contributed by atoms with Crippen LogP contribution >= 0.6 is 0 Å². The van der Waals surface area contributed by atoms with Crippen molar-refractivity contribution in [3.05, 3.63) is 104 Å². The molecule has 172 valence electrons. The summed E-state index contributed by atoms with van der Waals surface area (Å²) in [5.41, 5.74) is 0.997. The summed E-state index contributed by atoms with van der Waals surface area (Å²) in [6.07, 6.45) is 3.23. The van der Waals surface area contributed by atoms with Crippen molar-refractivity contribution in [2.45, 2.75) is 39.4 Å². The van der Waals surface area contributed by atoms with Gasteiger partial charge in [-0.15, -0.1) is 0 Å². The third-order valence-corrected chi connectivity index (χ3v) is 5.93. The molecule has 1 N–H and O–H groups in total. The van der Waals surface area contributed by atoms with Crippen LogP contribution in [0, 0.1) is 0 Å². The molecule has 0 aliphatic rings. The fraction of sp³-hybridized carbons (Fsp3) is 0.240. The molecule has 0 saturated carbocycles. The number of benzene rings is 2. The molecule has 0 spiro atoms. The summed E-state index contributed by atoms with van der Waals surface area (Å²) in [6, 6.07) is 16.7. The van der Waals surface area contributed by atoms with Gasteiger partial charge in [0, 0.05) is 6.54 Å². The normalized spacial score (nSPS) is 11.4. The minimum Gasteiger partial charge on any atom is -0.321 e. The van der Waals surface area contributed by atoms with Gasteiger partial charge in [0.25, 0.3) is 11.1 Å². The van der Waals surface area contributed by atoms with Gasteiger partial charge in [0.2, 0.25) is 0 Å². The number of hydrogen-bond acceptors (Lipinski definition) is 5. The summed E-state index contributed by atoms with van der Waals surface area (Å²) in [6.45, 7) is 3.01. The van der Waals surface area contributed by atoms with E-state index >= 15 is 0 Å². The van der Waals surface area contributed by atoms with Crippen molar-refractivity contribution in [2.24, 2.45) is 0 Å². The van der Waals surface area contributed by atoms with Crippen molar-refractivity contribution in [1.29, 1.82) is 0 Å². The molecule has 5 aromatic rings. The number of aromatic nitrogens is 6. The van der Waals surface area contributed by atoms with E-state index in [1.165, 1.54) is 15.5 Å². The molecule has 9 nitrogen and oxygen atoms in total. The molecule has 0 fully saturated rings. The maximum absolute atomic E-state index is 13.1. The molecule has 3 heterocycles. The van der Waals surface area contributed by atoms with E-state index in [2.05, 4.69) is 16.9 Å². The van der Waals surface area contributed by atoms with Gasteiger partial charge in [0.05, 0.1) is 30.3 Å². The Morgan fingerprint density at radius 1 is 0.912 bits per heavy atom. The highest BCUT2D eigenvalue weighted by molar-refractivity contribution is 5.77. The van der Waals surface area contributed by atoms with E-state index < -0.39 is 11.2 Å². The highest BCUT2D eigenvalue weighted by atomic mass is 16.2. The molecule has 5 rings (SSSR count). The van der Waals surface area contributed by atoms with Gasteiger partial charge in [0.1, 0.15) is 5.82 Å². The Hall–Kier alpha value is -4.27.